The topological polar surface area (TPSA) is 92.0 Å². The first kappa shape index (κ1) is 18.0. The molecule has 1 aromatic carbocycles. The zero-order valence-corrected chi connectivity index (χ0v) is 14.5. The molecule has 1 aromatic heterocycles. The van der Waals surface area contributed by atoms with Gasteiger partial charge in [0.2, 0.25) is 0 Å². The van der Waals surface area contributed by atoms with Gasteiger partial charge in [0.25, 0.3) is 0 Å². The summed E-state index contributed by atoms with van der Waals surface area (Å²) in [6.07, 6.45) is 9.16. The van der Waals surface area contributed by atoms with Crippen molar-refractivity contribution in [2.45, 2.75) is 52.0 Å². The van der Waals surface area contributed by atoms with E-state index in [1.165, 1.54) is 38.4 Å². The zero-order chi connectivity index (χ0) is 17.0. The molecule has 0 amide bonds. The molecule has 2 aromatic rings. The van der Waals surface area contributed by atoms with Crippen molar-refractivity contribution < 1.29 is 0 Å². The van der Waals surface area contributed by atoms with Crippen LogP contribution in [0.15, 0.2) is 35.6 Å². The number of H-pyrrole nitrogens is 1. The van der Waals surface area contributed by atoms with Crippen LogP contribution in [-0.2, 0) is 6.54 Å². The van der Waals surface area contributed by atoms with E-state index < -0.39 is 0 Å². The third kappa shape index (κ3) is 6.40. The molecular weight excluding hydrogens is 300 g/mol. The number of hydrogen-bond donors (Lipinski definition) is 3. The third-order valence-corrected chi connectivity index (χ3v) is 3.88. The van der Waals surface area contributed by atoms with Crippen molar-refractivity contribution >= 4 is 5.96 Å². The Balaban J connectivity index is 1.71. The molecule has 24 heavy (non-hydrogen) atoms. The lowest BCUT2D eigenvalue weighted by atomic mass is 10.1. The SMILES string of the molecule is CCCCCCCCNC(N)=NCc1cccc(-c2ncn[nH]2)c1. The summed E-state index contributed by atoms with van der Waals surface area (Å²) >= 11 is 0. The molecule has 0 atom stereocenters. The van der Waals surface area contributed by atoms with E-state index in [9.17, 15) is 0 Å². The molecule has 0 aliphatic rings. The van der Waals surface area contributed by atoms with E-state index in [-0.39, 0.29) is 0 Å². The number of hydrogen-bond acceptors (Lipinski definition) is 3. The Kier molecular flexibility index (Phi) is 7.80. The quantitative estimate of drug-likeness (QED) is 0.355. The molecule has 0 aliphatic heterocycles. The van der Waals surface area contributed by atoms with Crippen LogP contribution in [0.4, 0.5) is 0 Å². The second-order valence-corrected chi connectivity index (χ2v) is 5.93. The summed E-state index contributed by atoms with van der Waals surface area (Å²) in [5, 5.41) is 9.92. The maximum absolute atomic E-state index is 5.93. The van der Waals surface area contributed by atoms with Crippen LogP contribution >= 0.6 is 0 Å². The lowest BCUT2D eigenvalue weighted by Gasteiger charge is -2.06. The first-order valence-corrected chi connectivity index (χ1v) is 8.78. The number of aromatic nitrogens is 3. The summed E-state index contributed by atoms with van der Waals surface area (Å²) in [5.74, 6) is 1.27. The average molecular weight is 328 g/mol. The predicted molar refractivity (Wildman–Crippen MR) is 98.5 cm³/mol. The monoisotopic (exact) mass is 328 g/mol. The number of aromatic amines is 1. The molecular formula is C18H28N6. The van der Waals surface area contributed by atoms with Crippen LogP contribution in [0.25, 0.3) is 11.4 Å². The molecule has 0 bridgehead atoms. The van der Waals surface area contributed by atoms with Crippen molar-refractivity contribution in [3.63, 3.8) is 0 Å². The van der Waals surface area contributed by atoms with Crippen LogP contribution in [0.3, 0.4) is 0 Å². The van der Waals surface area contributed by atoms with Crippen molar-refractivity contribution in [1.82, 2.24) is 20.5 Å². The van der Waals surface area contributed by atoms with Gasteiger partial charge in [-0.2, -0.15) is 5.10 Å². The van der Waals surface area contributed by atoms with Crippen molar-refractivity contribution in [3.8, 4) is 11.4 Å². The van der Waals surface area contributed by atoms with Gasteiger partial charge in [0.1, 0.15) is 6.33 Å². The molecule has 0 aliphatic carbocycles. The standard InChI is InChI=1S/C18H28N6/c1-2-3-4-5-6-7-11-20-18(19)21-13-15-9-8-10-16(12-15)17-22-14-23-24-17/h8-10,12,14H,2-7,11,13H2,1H3,(H3,19,20,21)(H,22,23,24). The largest absolute Gasteiger partial charge is 0.370 e. The highest BCUT2D eigenvalue weighted by molar-refractivity contribution is 5.77. The minimum atomic E-state index is 0.508. The summed E-state index contributed by atoms with van der Waals surface area (Å²) in [4.78, 5) is 8.56. The van der Waals surface area contributed by atoms with E-state index in [1.54, 1.807) is 0 Å². The van der Waals surface area contributed by atoms with E-state index in [0.717, 1.165) is 29.9 Å². The van der Waals surface area contributed by atoms with Crippen molar-refractivity contribution in [2.75, 3.05) is 6.54 Å². The van der Waals surface area contributed by atoms with Gasteiger partial charge in [-0.3, -0.25) is 5.10 Å². The Labute approximate surface area is 144 Å². The number of guanidine groups is 1. The molecule has 0 saturated heterocycles. The van der Waals surface area contributed by atoms with Gasteiger partial charge in [-0.1, -0.05) is 57.2 Å². The highest BCUT2D eigenvalue weighted by Crippen LogP contribution is 2.15. The van der Waals surface area contributed by atoms with Crippen LogP contribution in [0.2, 0.25) is 0 Å². The van der Waals surface area contributed by atoms with E-state index in [1.807, 2.05) is 24.3 Å². The fraction of sp³-hybridized carbons (Fsp3) is 0.500. The minimum Gasteiger partial charge on any atom is -0.370 e. The number of aliphatic imine (C=N–C) groups is 1. The molecule has 6 heteroatoms. The van der Waals surface area contributed by atoms with Crippen LogP contribution in [0, 0.1) is 0 Å². The Hall–Kier alpha value is -2.37. The molecule has 0 unspecified atom stereocenters. The van der Waals surface area contributed by atoms with Gasteiger partial charge in [-0.25, -0.2) is 9.98 Å². The lowest BCUT2D eigenvalue weighted by Crippen LogP contribution is -2.32. The fourth-order valence-corrected chi connectivity index (χ4v) is 2.52. The second kappa shape index (κ2) is 10.4. The highest BCUT2D eigenvalue weighted by Gasteiger charge is 2.01. The lowest BCUT2D eigenvalue weighted by molar-refractivity contribution is 0.601. The molecule has 130 valence electrons. The first-order valence-electron chi connectivity index (χ1n) is 8.78. The molecule has 6 nitrogen and oxygen atoms in total. The summed E-state index contributed by atoms with van der Waals surface area (Å²) in [7, 11) is 0. The summed E-state index contributed by atoms with van der Waals surface area (Å²) in [6.45, 7) is 3.68. The van der Waals surface area contributed by atoms with E-state index in [0.29, 0.717) is 12.5 Å². The number of nitrogens with two attached hydrogens (primary N) is 1. The molecule has 0 saturated carbocycles. The van der Waals surface area contributed by atoms with Gasteiger partial charge in [-0.15, -0.1) is 0 Å². The summed E-state index contributed by atoms with van der Waals surface area (Å²) in [6, 6.07) is 8.06. The zero-order valence-electron chi connectivity index (χ0n) is 14.5. The first-order chi connectivity index (χ1) is 11.8. The average Bonchev–Trinajstić information content (AvgIpc) is 3.14. The Bertz CT molecular complexity index is 606. The van der Waals surface area contributed by atoms with Crippen LogP contribution in [0.5, 0.6) is 0 Å². The molecule has 4 N–H and O–H groups in total. The highest BCUT2D eigenvalue weighted by atomic mass is 15.2. The van der Waals surface area contributed by atoms with E-state index >= 15 is 0 Å². The molecule has 0 fully saturated rings. The molecule has 0 radical (unpaired) electrons. The Morgan fingerprint density at radius 1 is 1.21 bits per heavy atom. The van der Waals surface area contributed by atoms with Crippen LogP contribution in [0.1, 0.15) is 51.0 Å². The number of benzene rings is 1. The minimum absolute atomic E-state index is 0.508. The van der Waals surface area contributed by atoms with Crippen molar-refractivity contribution in [3.05, 3.63) is 36.2 Å². The van der Waals surface area contributed by atoms with Gasteiger partial charge in [-0.05, 0) is 18.1 Å². The van der Waals surface area contributed by atoms with Gasteiger partial charge in [0, 0.05) is 12.1 Å². The maximum atomic E-state index is 5.93. The predicted octanol–water partition coefficient (Wildman–Crippen LogP) is 3.24. The van der Waals surface area contributed by atoms with E-state index in [2.05, 4.69) is 32.4 Å². The van der Waals surface area contributed by atoms with E-state index in [4.69, 9.17) is 5.73 Å². The Morgan fingerprint density at radius 2 is 2.04 bits per heavy atom. The summed E-state index contributed by atoms with van der Waals surface area (Å²) < 4.78 is 0. The number of nitrogens with zero attached hydrogens (tertiary/aromatic N) is 3. The molecule has 1 heterocycles. The smallest absolute Gasteiger partial charge is 0.188 e. The van der Waals surface area contributed by atoms with Crippen LogP contribution < -0.4 is 11.1 Å². The van der Waals surface area contributed by atoms with Crippen molar-refractivity contribution in [1.29, 1.82) is 0 Å². The number of unbranched alkanes of at least 4 members (excludes halogenated alkanes) is 5. The van der Waals surface area contributed by atoms with Gasteiger partial charge < -0.3 is 11.1 Å². The third-order valence-electron chi connectivity index (χ3n) is 3.88. The number of nitrogens with one attached hydrogen (secondary N) is 2. The van der Waals surface area contributed by atoms with Gasteiger partial charge >= 0.3 is 0 Å². The van der Waals surface area contributed by atoms with Gasteiger partial charge in [0.05, 0.1) is 6.54 Å². The van der Waals surface area contributed by atoms with Gasteiger partial charge in [0.15, 0.2) is 11.8 Å². The second-order valence-electron chi connectivity index (χ2n) is 5.93. The molecule has 2 rings (SSSR count). The normalized spacial score (nSPS) is 11.6. The molecule has 0 spiro atoms. The number of rotatable bonds is 10. The van der Waals surface area contributed by atoms with Crippen molar-refractivity contribution in [2.24, 2.45) is 10.7 Å². The summed E-state index contributed by atoms with van der Waals surface area (Å²) in [5.41, 5.74) is 8.02. The maximum Gasteiger partial charge on any atom is 0.188 e. The Morgan fingerprint density at radius 3 is 2.83 bits per heavy atom. The van der Waals surface area contributed by atoms with Crippen LogP contribution in [-0.4, -0.2) is 27.7 Å². The fourth-order valence-electron chi connectivity index (χ4n) is 2.52.